The van der Waals surface area contributed by atoms with Crippen molar-refractivity contribution in [1.82, 2.24) is 0 Å². The van der Waals surface area contributed by atoms with Gasteiger partial charge in [0.05, 0.1) is 15.9 Å². The van der Waals surface area contributed by atoms with Crippen LogP contribution in [0.3, 0.4) is 0 Å². The number of hydrogen-bond acceptors (Lipinski definition) is 7. The number of anilines is 1. The number of piperidine rings is 1. The third-order valence-electron chi connectivity index (χ3n) is 3.33. The maximum Gasteiger partial charge on any atom is 0.302 e. The summed E-state index contributed by atoms with van der Waals surface area (Å²) in [4.78, 5) is 36.1. The molecule has 0 spiro atoms. The second-order valence-corrected chi connectivity index (χ2v) is 4.59. The lowest BCUT2D eigenvalue weighted by Gasteiger charge is -2.28. The Bertz CT molecular complexity index is 633. The SMILES string of the molecule is O=C=Nc1cc(N2CCCCC2)c([N+](=O)[O-])cc1[N+](=O)[O-]. The molecule has 21 heavy (non-hydrogen) atoms. The Morgan fingerprint density at radius 1 is 1.05 bits per heavy atom. The van der Waals surface area contributed by atoms with Gasteiger partial charge in [-0.05, 0) is 19.3 Å². The Hall–Kier alpha value is -2.80. The van der Waals surface area contributed by atoms with Crippen LogP contribution in [0.15, 0.2) is 17.1 Å². The van der Waals surface area contributed by atoms with Gasteiger partial charge in [0.15, 0.2) is 5.69 Å². The number of carbonyl (C=O) groups excluding carboxylic acids is 1. The van der Waals surface area contributed by atoms with E-state index in [1.165, 1.54) is 12.1 Å². The topological polar surface area (TPSA) is 119 Å². The maximum atomic E-state index is 11.2. The highest BCUT2D eigenvalue weighted by Gasteiger charge is 2.28. The minimum absolute atomic E-state index is 0.221. The van der Waals surface area contributed by atoms with Crippen LogP contribution >= 0.6 is 0 Å². The first-order valence-electron chi connectivity index (χ1n) is 6.34. The van der Waals surface area contributed by atoms with Crippen molar-refractivity contribution >= 4 is 28.8 Å². The summed E-state index contributed by atoms with van der Waals surface area (Å²) in [5.74, 6) is 0. The Labute approximate surface area is 119 Å². The van der Waals surface area contributed by atoms with Crippen LogP contribution in [-0.4, -0.2) is 29.0 Å². The normalized spacial score (nSPS) is 14.4. The van der Waals surface area contributed by atoms with E-state index < -0.39 is 15.5 Å². The van der Waals surface area contributed by atoms with Gasteiger partial charge in [0, 0.05) is 19.2 Å². The fourth-order valence-electron chi connectivity index (χ4n) is 2.37. The molecular weight excluding hydrogens is 280 g/mol. The van der Waals surface area contributed by atoms with E-state index in [2.05, 4.69) is 4.99 Å². The molecule has 9 nitrogen and oxygen atoms in total. The van der Waals surface area contributed by atoms with Crippen LogP contribution in [0.4, 0.5) is 22.7 Å². The Morgan fingerprint density at radius 2 is 1.67 bits per heavy atom. The van der Waals surface area contributed by atoms with E-state index >= 15 is 0 Å². The number of isocyanates is 1. The van der Waals surface area contributed by atoms with Gasteiger partial charge >= 0.3 is 5.69 Å². The van der Waals surface area contributed by atoms with Gasteiger partial charge in [0.2, 0.25) is 6.08 Å². The molecule has 1 aliphatic heterocycles. The highest BCUT2D eigenvalue weighted by Crippen LogP contribution is 2.40. The fraction of sp³-hybridized carbons (Fsp3) is 0.417. The molecule has 0 saturated carbocycles. The predicted molar refractivity (Wildman–Crippen MR) is 73.6 cm³/mol. The molecule has 9 heteroatoms. The monoisotopic (exact) mass is 292 g/mol. The molecule has 2 rings (SSSR count). The van der Waals surface area contributed by atoms with Gasteiger partial charge in [-0.1, -0.05) is 0 Å². The van der Waals surface area contributed by atoms with E-state index in [1.54, 1.807) is 4.90 Å². The van der Waals surface area contributed by atoms with Crippen LogP contribution in [0.5, 0.6) is 0 Å². The lowest BCUT2D eigenvalue weighted by molar-refractivity contribution is -0.393. The summed E-state index contributed by atoms with van der Waals surface area (Å²) in [5, 5.41) is 22.1. The molecule has 1 saturated heterocycles. The molecular formula is C12H12N4O5. The number of nitro groups is 2. The quantitative estimate of drug-likeness (QED) is 0.364. The summed E-state index contributed by atoms with van der Waals surface area (Å²) in [5.41, 5.74) is -0.903. The molecule has 110 valence electrons. The number of rotatable bonds is 4. The summed E-state index contributed by atoms with van der Waals surface area (Å²) < 4.78 is 0. The van der Waals surface area contributed by atoms with Crippen molar-refractivity contribution in [3.05, 3.63) is 32.4 Å². The van der Waals surface area contributed by atoms with Crippen molar-refractivity contribution in [2.45, 2.75) is 19.3 Å². The zero-order valence-electron chi connectivity index (χ0n) is 11.0. The lowest BCUT2D eigenvalue weighted by Crippen LogP contribution is -2.29. The Kier molecular flexibility index (Phi) is 4.24. The first kappa shape index (κ1) is 14.6. The van der Waals surface area contributed by atoms with Crippen LogP contribution in [-0.2, 0) is 4.79 Å². The largest absolute Gasteiger partial charge is 0.366 e. The molecule has 0 aromatic heterocycles. The van der Waals surface area contributed by atoms with Gasteiger partial charge in [-0.2, -0.15) is 4.99 Å². The second-order valence-electron chi connectivity index (χ2n) is 4.59. The van der Waals surface area contributed by atoms with Gasteiger partial charge in [-0.25, -0.2) is 4.79 Å². The van der Waals surface area contributed by atoms with Crippen molar-refractivity contribution in [1.29, 1.82) is 0 Å². The Balaban J connectivity index is 2.60. The van der Waals surface area contributed by atoms with Crippen molar-refractivity contribution in [3.63, 3.8) is 0 Å². The predicted octanol–water partition coefficient (Wildman–Crippen LogP) is 2.46. The molecule has 1 fully saturated rings. The molecule has 1 aliphatic rings. The fourth-order valence-corrected chi connectivity index (χ4v) is 2.37. The summed E-state index contributed by atoms with van der Waals surface area (Å²) >= 11 is 0. The number of nitro benzene ring substituents is 2. The minimum Gasteiger partial charge on any atom is -0.366 e. The van der Waals surface area contributed by atoms with E-state index in [4.69, 9.17) is 0 Å². The van der Waals surface area contributed by atoms with Crippen LogP contribution < -0.4 is 4.90 Å². The summed E-state index contributed by atoms with van der Waals surface area (Å²) in [6, 6.07) is 2.06. The number of nitrogens with zero attached hydrogens (tertiary/aromatic N) is 4. The summed E-state index contributed by atoms with van der Waals surface area (Å²) in [7, 11) is 0. The second kappa shape index (κ2) is 6.10. The number of aliphatic imine (C=N–C) groups is 1. The van der Waals surface area contributed by atoms with Crippen LogP contribution in [0.25, 0.3) is 0 Å². The van der Waals surface area contributed by atoms with Crippen LogP contribution in [0, 0.1) is 20.2 Å². The molecule has 1 aromatic rings. The summed E-state index contributed by atoms with van der Waals surface area (Å²) in [6.45, 7) is 1.26. The van der Waals surface area contributed by atoms with E-state index in [0.29, 0.717) is 13.1 Å². The minimum atomic E-state index is -0.802. The molecule has 0 aliphatic carbocycles. The number of hydrogen-bond donors (Lipinski definition) is 0. The standard InChI is InChI=1S/C12H12N4O5/c17-8-13-9-6-11(14-4-2-1-3-5-14)12(16(20)21)7-10(9)15(18)19/h6-7H,1-5H2. The lowest BCUT2D eigenvalue weighted by atomic mass is 10.1. The maximum absolute atomic E-state index is 11.2. The van der Waals surface area contributed by atoms with Crippen molar-refractivity contribution in [2.75, 3.05) is 18.0 Å². The smallest absolute Gasteiger partial charge is 0.302 e. The van der Waals surface area contributed by atoms with Crippen molar-refractivity contribution < 1.29 is 14.6 Å². The van der Waals surface area contributed by atoms with Crippen LogP contribution in [0.1, 0.15) is 19.3 Å². The Morgan fingerprint density at radius 3 is 2.19 bits per heavy atom. The third-order valence-corrected chi connectivity index (χ3v) is 3.33. The zero-order valence-corrected chi connectivity index (χ0v) is 11.0. The van der Waals surface area contributed by atoms with Crippen molar-refractivity contribution in [3.8, 4) is 0 Å². The highest BCUT2D eigenvalue weighted by atomic mass is 16.6. The molecule has 0 bridgehead atoms. The molecule has 1 aromatic carbocycles. The van der Waals surface area contributed by atoms with Crippen LogP contribution in [0.2, 0.25) is 0 Å². The van der Waals surface area contributed by atoms with Gasteiger partial charge in [-0.3, -0.25) is 20.2 Å². The van der Waals surface area contributed by atoms with Gasteiger partial charge < -0.3 is 4.90 Å². The van der Waals surface area contributed by atoms with Gasteiger partial charge in [-0.15, -0.1) is 0 Å². The average Bonchev–Trinajstić information content (AvgIpc) is 2.47. The molecule has 0 N–H and O–H groups in total. The third kappa shape index (κ3) is 3.03. The van der Waals surface area contributed by atoms with E-state index in [0.717, 1.165) is 25.3 Å². The molecule has 0 atom stereocenters. The number of benzene rings is 1. The zero-order chi connectivity index (χ0) is 15.4. The molecule has 0 amide bonds. The van der Waals surface area contributed by atoms with E-state index in [9.17, 15) is 25.0 Å². The van der Waals surface area contributed by atoms with Crippen molar-refractivity contribution in [2.24, 2.45) is 4.99 Å². The van der Waals surface area contributed by atoms with E-state index in [1.807, 2.05) is 0 Å². The van der Waals surface area contributed by atoms with E-state index in [-0.39, 0.29) is 17.1 Å². The van der Waals surface area contributed by atoms with Gasteiger partial charge in [0.25, 0.3) is 5.69 Å². The first-order valence-corrected chi connectivity index (χ1v) is 6.34. The average molecular weight is 292 g/mol. The summed E-state index contributed by atoms with van der Waals surface area (Å²) in [6.07, 6.45) is 4.06. The first-order chi connectivity index (χ1) is 10.0. The molecule has 0 unspecified atom stereocenters. The molecule has 1 heterocycles. The highest BCUT2D eigenvalue weighted by molar-refractivity contribution is 5.77. The van der Waals surface area contributed by atoms with Gasteiger partial charge in [0.1, 0.15) is 5.69 Å². The molecule has 0 radical (unpaired) electrons.